The van der Waals surface area contributed by atoms with Gasteiger partial charge in [-0.2, -0.15) is 11.8 Å². The van der Waals surface area contributed by atoms with E-state index in [-0.39, 0.29) is 6.54 Å². The van der Waals surface area contributed by atoms with Gasteiger partial charge in [0, 0.05) is 7.11 Å². The zero-order chi connectivity index (χ0) is 21.0. The molecule has 0 spiro atoms. The second-order valence-electron chi connectivity index (χ2n) is 4.90. The number of aliphatic hydroxyl groups excluding tert-OH is 1. The molecule has 0 aliphatic carbocycles. The Morgan fingerprint density at radius 2 is 1.32 bits per heavy atom. The van der Waals surface area contributed by atoms with Gasteiger partial charge in [-0.1, -0.05) is 13.8 Å². The summed E-state index contributed by atoms with van der Waals surface area (Å²) in [7, 11) is 1.00. The molecule has 10 nitrogen and oxygen atoms in total. The molecule has 0 rings (SSSR count). The van der Waals surface area contributed by atoms with Gasteiger partial charge < -0.3 is 37.6 Å². The van der Waals surface area contributed by atoms with E-state index in [1.807, 2.05) is 20.1 Å². The minimum absolute atomic E-state index is 0.278. The van der Waals surface area contributed by atoms with Crippen molar-refractivity contribution in [3.63, 3.8) is 0 Å². The third-order valence-corrected chi connectivity index (χ3v) is 2.81. The van der Waals surface area contributed by atoms with Crippen molar-refractivity contribution in [3.05, 3.63) is 0 Å². The second-order valence-corrected chi connectivity index (χ2v) is 5.88. The second kappa shape index (κ2) is 22.6. The lowest BCUT2D eigenvalue weighted by Gasteiger charge is -2.07. The van der Waals surface area contributed by atoms with Crippen molar-refractivity contribution in [1.82, 2.24) is 0 Å². The zero-order valence-electron chi connectivity index (χ0n) is 15.2. The molecule has 10 N–H and O–H groups in total. The molecule has 2 unspecified atom stereocenters. The first-order chi connectivity index (χ1) is 11.5. The number of aliphatic carboxylic acids is 3. The normalized spacial score (nSPS) is 11.4. The fraction of sp³-hybridized carbons (Fsp3) is 0.786. The van der Waals surface area contributed by atoms with Crippen molar-refractivity contribution >= 4 is 29.7 Å². The molecule has 0 aromatic heterocycles. The molecule has 0 bridgehead atoms. The van der Waals surface area contributed by atoms with Gasteiger partial charge in [0.25, 0.3) is 0 Å². The summed E-state index contributed by atoms with van der Waals surface area (Å²) in [5.74, 6) is -1.62. The third-order valence-electron chi connectivity index (χ3n) is 2.17. The maximum absolute atomic E-state index is 10.1. The van der Waals surface area contributed by atoms with Crippen LogP contribution in [0.5, 0.6) is 0 Å². The van der Waals surface area contributed by atoms with Crippen LogP contribution >= 0.6 is 11.8 Å². The van der Waals surface area contributed by atoms with Crippen molar-refractivity contribution in [2.45, 2.75) is 38.8 Å². The average Bonchev–Trinajstić information content (AvgIpc) is 2.54. The quantitative estimate of drug-likeness (QED) is 0.275. The predicted octanol–water partition coefficient (Wildman–Crippen LogP) is -0.766. The van der Waals surface area contributed by atoms with Crippen LogP contribution in [0.2, 0.25) is 0 Å². The molecular weight excluding hydrogens is 354 g/mol. The van der Waals surface area contributed by atoms with E-state index in [1.165, 1.54) is 0 Å². The Bertz CT molecular complexity index is 344. The van der Waals surface area contributed by atoms with Crippen LogP contribution in [0.15, 0.2) is 0 Å². The Kier molecular flexibility index (Phi) is 28.4. The molecule has 25 heavy (non-hydrogen) atoms. The summed E-state index contributed by atoms with van der Waals surface area (Å²) in [4.78, 5) is 29.4. The first-order valence-corrected chi connectivity index (χ1v) is 8.71. The van der Waals surface area contributed by atoms with Gasteiger partial charge in [0.15, 0.2) is 0 Å². The monoisotopic (exact) mass is 387 g/mol. The highest BCUT2D eigenvalue weighted by Crippen LogP contribution is 2.01. The minimum atomic E-state index is -0.968. The van der Waals surface area contributed by atoms with Crippen molar-refractivity contribution in [2.75, 3.05) is 25.7 Å². The van der Waals surface area contributed by atoms with Crippen molar-refractivity contribution in [1.29, 1.82) is 0 Å². The highest BCUT2D eigenvalue weighted by molar-refractivity contribution is 7.98. The molecule has 11 heteroatoms. The van der Waals surface area contributed by atoms with Gasteiger partial charge in [-0.05, 0) is 30.8 Å². The Morgan fingerprint density at radius 3 is 1.48 bits per heavy atom. The summed E-state index contributed by atoms with van der Waals surface area (Å²) >= 11 is 1.60. The lowest BCUT2D eigenvalue weighted by Crippen LogP contribution is -2.31. The number of rotatable bonds is 8. The summed E-state index contributed by atoms with van der Waals surface area (Å²) in [6.07, 6.45) is 3.03. The van der Waals surface area contributed by atoms with Gasteiger partial charge in [-0.25, -0.2) is 0 Å². The Morgan fingerprint density at radius 1 is 0.960 bits per heavy atom. The summed E-state index contributed by atoms with van der Waals surface area (Å²) in [5.41, 5.74) is 15.0. The van der Waals surface area contributed by atoms with Crippen LogP contribution < -0.4 is 17.2 Å². The molecule has 0 amide bonds. The van der Waals surface area contributed by atoms with Crippen LogP contribution in [-0.4, -0.2) is 76.1 Å². The van der Waals surface area contributed by atoms with Crippen molar-refractivity contribution < 1.29 is 34.8 Å². The summed E-state index contributed by atoms with van der Waals surface area (Å²) in [5, 5.41) is 31.2. The van der Waals surface area contributed by atoms with E-state index in [2.05, 4.69) is 5.73 Å². The molecule has 0 aliphatic heterocycles. The number of carbonyl (C=O) groups is 3. The number of carboxylic acids is 3. The van der Waals surface area contributed by atoms with Gasteiger partial charge in [0.2, 0.25) is 0 Å². The van der Waals surface area contributed by atoms with E-state index in [0.29, 0.717) is 18.8 Å². The smallest absolute Gasteiger partial charge is 0.320 e. The van der Waals surface area contributed by atoms with Crippen LogP contribution in [0.4, 0.5) is 0 Å². The number of hydrogen-bond donors (Lipinski definition) is 7. The summed E-state index contributed by atoms with van der Waals surface area (Å²) < 4.78 is 0. The maximum atomic E-state index is 10.1. The predicted molar refractivity (Wildman–Crippen MR) is 98.5 cm³/mol. The highest BCUT2D eigenvalue weighted by atomic mass is 32.2. The van der Waals surface area contributed by atoms with Gasteiger partial charge >= 0.3 is 17.9 Å². The largest absolute Gasteiger partial charge is 0.480 e. The topological polar surface area (TPSA) is 210 Å². The van der Waals surface area contributed by atoms with Gasteiger partial charge in [0.05, 0.1) is 6.54 Å². The minimum Gasteiger partial charge on any atom is -0.480 e. The van der Waals surface area contributed by atoms with Crippen LogP contribution in [0, 0.1) is 5.92 Å². The maximum Gasteiger partial charge on any atom is 0.320 e. The molecule has 0 saturated carbocycles. The lowest BCUT2D eigenvalue weighted by molar-refractivity contribution is -0.139. The van der Waals surface area contributed by atoms with Crippen LogP contribution in [0.3, 0.4) is 0 Å². The van der Waals surface area contributed by atoms with Crippen LogP contribution in [0.25, 0.3) is 0 Å². The number of thioether (sulfide) groups is 1. The summed E-state index contributed by atoms with van der Waals surface area (Å²) in [6.45, 7) is 3.62. The van der Waals surface area contributed by atoms with E-state index >= 15 is 0 Å². The van der Waals surface area contributed by atoms with E-state index in [9.17, 15) is 14.4 Å². The number of aliphatic hydroxyl groups is 1. The zero-order valence-corrected chi connectivity index (χ0v) is 16.0. The van der Waals surface area contributed by atoms with Gasteiger partial charge in [0.1, 0.15) is 12.1 Å². The Balaban J connectivity index is -0.000000131. The number of carboxylic acid groups (broad SMARTS) is 3. The van der Waals surface area contributed by atoms with Crippen LogP contribution in [-0.2, 0) is 14.4 Å². The lowest BCUT2D eigenvalue weighted by atomic mass is 10.1. The molecule has 0 aromatic carbocycles. The third kappa shape index (κ3) is 34.8. The van der Waals surface area contributed by atoms with E-state index < -0.39 is 30.0 Å². The number of nitrogens with two attached hydrogens (primary N) is 3. The molecule has 0 aliphatic rings. The van der Waals surface area contributed by atoms with E-state index in [1.54, 1.807) is 11.8 Å². The number of hydrogen-bond acceptors (Lipinski definition) is 8. The molecule has 2 atom stereocenters. The van der Waals surface area contributed by atoms with Crippen LogP contribution in [0.1, 0.15) is 26.7 Å². The molecule has 152 valence electrons. The van der Waals surface area contributed by atoms with Gasteiger partial charge in [-0.3, -0.25) is 14.4 Å². The molecule has 0 fully saturated rings. The van der Waals surface area contributed by atoms with Gasteiger partial charge in [-0.15, -0.1) is 0 Å². The van der Waals surface area contributed by atoms with E-state index in [0.717, 1.165) is 12.9 Å². The van der Waals surface area contributed by atoms with Crippen molar-refractivity contribution in [3.8, 4) is 0 Å². The average molecular weight is 387 g/mol. The summed E-state index contributed by atoms with van der Waals surface area (Å²) in [6, 6.07) is -1.37. The fourth-order valence-corrected chi connectivity index (χ4v) is 1.47. The van der Waals surface area contributed by atoms with Crippen molar-refractivity contribution in [2.24, 2.45) is 23.1 Å². The fourth-order valence-electron chi connectivity index (χ4n) is 0.977. The van der Waals surface area contributed by atoms with E-state index in [4.69, 9.17) is 31.9 Å². The molecule has 0 heterocycles. The Labute approximate surface area is 152 Å². The highest BCUT2D eigenvalue weighted by Gasteiger charge is 2.12. The Hall–Kier alpha value is -1.40. The first kappa shape index (κ1) is 31.4. The molecular formula is C14H33N3O7S. The molecule has 0 radical (unpaired) electrons. The molecule has 0 aromatic rings. The molecule has 0 saturated heterocycles. The SMILES string of the molecule is CC(C)CC(N)C(=O)O.CO.CSCCC(N)C(=O)O.NCC(=O)O. The first-order valence-electron chi connectivity index (χ1n) is 7.31. The standard InChI is InChI=1S/C6H13NO2.C5H11NO2S.C2H5NO2.CH4O/c1-4(2)3-5(7)6(8)9;1-9-3-2-4(6)5(7)8;3-1-2(4)5;1-2/h4-5H,3,7H2,1-2H3,(H,8,9);4H,2-3,6H2,1H3,(H,7,8);1,3H2,(H,4,5);2H,1H3.